The van der Waals surface area contributed by atoms with E-state index in [1.165, 1.54) is 0 Å². The zero-order valence-corrected chi connectivity index (χ0v) is 14.5. The van der Waals surface area contributed by atoms with Crippen molar-refractivity contribution in [2.24, 2.45) is 0 Å². The number of likely N-dealkylation sites (tertiary alicyclic amines) is 1. The molecule has 0 spiro atoms. The summed E-state index contributed by atoms with van der Waals surface area (Å²) in [5.41, 5.74) is 2.44. The van der Waals surface area contributed by atoms with Crippen LogP contribution in [0.5, 0.6) is 0 Å². The van der Waals surface area contributed by atoms with Crippen molar-refractivity contribution in [2.45, 2.75) is 25.7 Å². The number of amides is 1. The van der Waals surface area contributed by atoms with Gasteiger partial charge in [-0.25, -0.2) is 0 Å². The first-order chi connectivity index (χ1) is 12.7. The highest BCUT2D eigenvalue weighted by molar-refractivity contribution is 5.94. The van der Waals surface area contributed by atoms with Crippen LogP contribution in [0.15, 0.2) is 47.4 Å². The van der Waals surface area contributed by atoms with Crippen LogP contribution in [0.4, 0.5) is 0 Å². The molecule has 26 heavy (non-hydrogen) atoms. The van der Waals surface area contributed by atoms with Crippen LogP contribution in [-0.2, 0) is 0 Å². The molecular formula is C19H19N5O2. The van der Waals surface area contributed by atoms with Crippen LogP contribution in [0.2, 0.25) is 0 Å². The predicted molar refractivity (Wildman–Crippen MR) is 94.4 cm³/mol. The molecule has 3 aromatic heterocycles. The van der Waals surface area contributed by atoms with E-state index in [1.54, 1.807) is 30.7 Å². The van der Waals surface area contributed by atoms with Gasteiger partial charge in [-0.15, -0.1) is 0 Å². The van der Waals surface area contributed by atoms with E-state index in [1.807, 2.05) is 24.0 Å². The zero-order valence-electron chi connectivity index (χ0n) is 14.5. The largest absolute Gasteiger partial charge is 0.339 e. The summed E-state index contributed by atoms with van der Waals surface area (Å²) < 4.78 is 5.40. The SMILES string of the molecule is Cc1ccc(-c2nc(C3CCN(C(=O)c4ccncc4)CC3)no2)cn1. The molecule has 4 rings (SSSR count). The predicted octanol–water partition coefficient (Wildman–Crippen LogP) is 2.85. The Morgan fingerprint density at radius 2 is 1.92 bits per heavy atom. The fourth-order valence-electron chi connectivity index (χ4n) is 3.13. The summed E-state index contributed by atoms with van der Waals surface area (Å²) in [6.07, 6.45) is 6.66. The van der Waals surface area contributed by atoms with Crippen molar-refractivity contribution in [1.82, 2.24) is 25.0 Å². The number of carbonyl (C=O) groups is 1. The lowest BCUT2D eigenvalue weighted by molar-refractivity contribution is 0.0710. The van der Waals surface area contributed by atoms with Gasteiger partial charge in [0.05, 0.1) is 5.56 Å². The Morgan fingerprint density at radius 1 is 1.15 bits per heavy atom. The Morgan fingerprint density at radius 3 is 2.62 bits per heavy atom. The first-order valence-electron chi connectivity index (χ1n) is 8.66. The molecular weight excluding hydrogens is 330 g/mol. The van der Waals surface area contributed by atoms with Crippen LogP contribution in [0.1, 0.15) is 40.6 Å². The molecule has 0 unspecified atom stereocenters. The van der Waals surface area contributed by atoms with Gasteiger partial charge < -0.3 is 9.42 Å². The van der Waals surface area contributed by atoms with Crippen molar-refractivity contribution in [1.29, 1.82) is 0 Å². The third kappa shape index (κ3) is 3.33. The van der Waals surface area contributed by atoms with E-state index < -0.39 is 0 Å². The van der Waals surface area contributed by atoms with Crippen LogP contribution in [-0.4, -0.2) is 44.0 Å². The van der Waals surface area contributed by atoms with E-state index in [2.05, 4.69) is 20.1 Å². The highest BCUT2D eigenvalue weighted by Gasteiger charge is 2.27. The van der Waals surface area contributed by atoms with Crippen LogP contribution in [0.3, 0.4) is 0 Å². The highest BCUT2D eigenvalue weighted by atomic mass is 16.5. The van der Waals surface area contributed by atoms with Crippen LogP contribution in [0, 0.1) is 6.92 Å². The number of nitrogens with zero attached hydrogens (tertiary/aromatic N) is 5. The molecule has 1 aliphatic rings. The summed E-state index contributed by atoms with van der Waals surface area (Å²) in [6.45, 7) is 3.30. The number of aromatic nitrogens is 4. The van der Waals surface area contributed by atoms with Gasteiger partial charge in [0.2, 0.25) is 0 Å². The number of hydrogen-bond donors (Lipinski definition) is 0. The molecule has 4 heterocycles. The molecule has 0 aliphatic carbocycles. The minimum absolute atomic E-state index is 0.0466. The third-order valence-electron chi connectivity index (χ3n) is 4.67. The molecule has 3 aromatic rings. The standard InChI is InChI=1S/C19H19N5O2/c1-13-2-3-16(12-21-13)18-22-17(23-26-18)14-6-10-24(11-7-14)19(25)15-4-8-20-9-5-15/h2-5,8-9,12,14H,6-7,10-11H2,1H3. The maximum atomic E-state index is 12.5. The monoisotopic (exact) mass is 349 g/mol. The van der Waals surface area contributed by atoms with Gasteiger partial charge in [-0.1, -0.05) is 5.16 Å². The van der Waals surface area contributed by atoms with Gasteiger partial charge in [0.25, 0.3) is 11.8 Å². The minimum atomic E-state index is 0.0466. The van der Waals surface area contributed by atoms with Gasteiger partial charge in [0.15, 0.2) is 5.82 Å². The summed E-state index contributed by atoms with van der Waals surface area (Å²) in [5, 5.41) is 4.14. The number of rotatable bonds is 3. The van der Waals surface area contributed by atoms with E-state index in [4.69, 9.17) is 4.52 Å². The maximum absolute atomic E-state index is 12.5. The summed E-state index contributed by atoms with van der Waals surface area (Å²) in [7, 11) is 0. The molecule has 1 fully saturated rings. The second-order valence-corrected chi connectivity index (χ2v) is 6.45. The molecule has 7 nitrogen and oxygen atoms in total. The number of piperidine rings is 1. The summed E-state index contributed by atoms with van der Waals surface area (Å²) in [5.74, 6) is 1.44. The van der Waals surface area contributed by atoms with Crippen molar-refractivity contribution in [3.8, 4) is 11.5 Å². The van der Waals surface area contributed by atoms with Gasteiger partial charge in [-0.05, 0) is 44.0 Å². The molecule has 0 aromatic carbocycles. The van der Waals surface area contributed by atoms with E-state index >= 15 is 0 Å². The summed E-state index contributed by atoms with van der Waals surface area (Å²) >= 11 is 0. The molecule has 132 valence electrons. The Bertz CT molecular complexity index is 884. The van der Waals surface area contributed by atoms with Gasteiger partial charge in [-0.3, -0.25) is 14.8 Å². The van der Waals surface area contributed by atoms with Gasteiger partial charge >= 0.3 is 0 Å². The fraction of sp³-hybridized carbons (Fsp3) is 0.316. The van der Waals surface area contributed by atoms with Crippen LogP contribution in [0.25, 0.3) is 11.5 Å². The van der Waals surface area contributed by atoms with Crippen molar-refractivity contribution in [2.75, 3.05) is 13.1 Å². The Balaban J connectivity index is 1.41. The fourth-order valence-corrected chi connectivity index (χ4v) is 3.13. The smallest absolute Gasteiger partial charge is 0.259 e. The van der Waals surface area contributed by atoms with E-state index in [0.29, 0.717) is 30.4 Å². The second kappa shape index (κ2) is 7.03. The quantitative estimate of drug-likeness (QED) is 0.723. The lowest BCUT2D eigenvalue weighted by atomic mass is 9.95. The average molecular weight is 349 g/mol. The Kier molecular flexibility index (Phi) is 4.43. The van der Waals surface area contributed by atoms with Crippen molar-refractivity contribution >= 4 is 5.91 Å². The van der Waals surface area contributed by atoms with Crippen LogP contribution >= 0.6 is 0 Å². The van der Waals surface area contributed by atoms with Crippen molar-refractivity contribution in [3.05, 3.63) is 59.9 Å². The number of hydrogen-bond acceptors (Lipinski definition) is 6. The third-order valence-corrected chi connectivity index (χ3v) is 4.67. The van der Waals surface area contributed by atoms with Crippen LogP contribution < -0.4 is 0 Å². The zero-order chi connectivity index (χ0) is 17.9. The molecule has 0 atom stereocenters. The highest BCUT2D eigenvalue weighted by Crippen LogP contribution is 2.28. The lowest BCUT2D eigenvalue weighted by Gasteiger charge is -2.30. The van der Waals surface area contributed by atoms with Crippen molar-refractivity contribution in [3.63, 3.8) is 0 Å². The normalized spacial score (nSPS) is 15.2. The minimum Gasteiger partial charge on any atom is -0.339 e. The molecule has 7 heteroatoms. The second-order valence-electron chi connectivity index (χ2n) is 6.45. The van der Waals surface area contributed by atoms with E-state index in [9.17, 15) is 4.79 Å². The molecule has 0 bridgehead atoms. The number of carbonyl (C=O) groups excluding carboxylic acids is 1. The first kappa shape index (κ1) is 16.4. The van der Waals surface area contributed by atoms with Gasteiger partial charge in [-0.2, -0.15) is 4.98 Å². The maximum Gasteiger partial charge on any atom is 0.259 e. The number of aryl methyl sites for hydroxylation is 1. The Labute approximate surface area is 151 Å². The molecule has 0 N–H and O–H groups in total. The molecule has 0 radical (unpaired) electrons. The lowest BCUT2D eigenvalue weighted by Crippen LogP contribution is -2.38. The summed E-state index contributed by atoms with van der Waals surface area (Å²) in [6, 6.07) is 7.34. The van der Waals surface area contributed by atoms with E-state index in [0.717, 1.165) is 24.1 Å². The summed E-state index contributed by atoms with van der Waals surface area (Å²) in [4.78, 5) is 27.1. The molecule has 1 amide bonds. The topological polar surface area (TPSA) is 85.0 Å². The molecule has 1 aliphatic heterocycles. The Hall–Kier alpha value is -3.09. The molecule has 0 saturated carbocycles. The van der Waals surface area contributed by atoms with Gasteiger partial charge in [0.1, 0.15) is 0 Å². The first-order valence-corrected chi connectivity index (χ1v) is 8.66. The molecule has 1 saturated heterocycles. The average Bonchev–Trinajstić information content (AvgIpc) is 3.19. The van der Waals surface area contributed by atoms with Crippen molar-refractivity contribution < 1.29 is 9.32 Å². The van der Waals surface area contributed by atoms with E-state index in [-0.39, 0.29) is 11.8 Å². The van der Waals surface area contributed by atoms with Gasteiger partial charge in [0, 0.05) is 48.9 Å². The number of pyridine rings is 2.